The SMILES string of the molecule is CCOC(=O)c1sc(NC(=O)[C@@H](CC)Sc2nc3ccccc3o2)nc1C. The number of ether oxygens (including phenoxy) is 1. The van der Waals surface area contributed by atoms with Crippen LogP contribution in [0.2, 0.25) is 0 Å². The van der Waals surface area contributed by atoms with Crippen molar-refractivity contribution >= 4 is 51.2 Å². The van der Waals surface area contributed by atoms with Gasteiger partial charge < -0.3 is 14.5 Å². The minimum atomic E-state index is -0.430. The molecule has 3 aromatic rings. The van der Waals surface area contributed by atoms with Gasteiger partial charge in [0, 0.05) is 0 Å². The highest BCUT2D eigenvalue weighted by molar-refractivity contribution is 8.00. The van der Waals surface area contributed by atoms with E-state index in [1.54, 1.807) is 13.8 Å². The molecule has 0 aliphatic rings. The molecule has 1 amide bonds. The molecule has 142 valence electrons. The number of aromatic nitrogens is 2. The fourth-order valence-corrected chi connectivity index (χ4v) is 4.10. The molecule has 0 saturated heterocycles. The normalized spacial score (nSPS) is 12.1. The van der Waals surface area contributed by atoms with Gasteiger partial charge in [0.15, 0.2) is 10.7 Å². The van der Waals surface area contributed by atoms with Gasteiger partial charge in [-0.05, 0) is 32.4 Å². The molecule has 0 saturated carbocycles. The predicted molar refractivity (Wildman–Crippen MR) is 105 cm³/mol. The number of thioether (sulfide) groups is 1. The summed E-state index contributed by atoms with van der Waals surface area (Å²) in [5.74, 6) is -0.644. The number of anilines is 1. The summed E-state index contributed by atoms with van der Waals surface area (Å²) in [6.07, 6.45) is 0.588. The third kappa shape index (κ3) is 4.48. The minimum absolute atomic E-state index is 0.214. The van der Waals surface area contributed by atoms with Crippen molar-refractivity contribution in [2.45, 2.75) is 37.7 Å². The van der Waals surface area contributed by atoms with Crippen LogP contribution >= 0.6 is 23.1 Å². The number of carbonyl (C=O) groups is 2. The molecule has 0 radical (unpaired) electrons. The topological polar surface area (TPSA) is 94.3 Å². The van der Waals surface area contributed by atoms with E-state index < -0.39 is 11.2 Å². The fourth-order valence-electron chi connectivity index (χ4n) is 2.37. The van der Waals surface area contributed by atoms with Gasteiger partial charge in [0.2, 0.25) is 5.91 Å². The average Bonchev–Trinajstić information content (AvgIpc) is 3.22. The van der Waals surface area contributed by atoms with Crippen LogP contribution in [0, 0.1) is 6.92 Å². The summed E-state index contributed by atoms with van der Waals surface area (Å²) in [6, 6.07) is 7.45. The number of benzene rings is 1. The molecule has 9 heteroatoms. The van der Waals surface area contributed by atoms with Crippen LogP contribution in [0.1, 0.15) is 35.6 Å². The number of hydrogen-bond acceptors (Lipinski definition) is 8. The second-order valence-electron chi connectivity index (χ2n) is 5.61. The van der Waals surface area contributed by atoms with Crippen LogP contribution in [0.3, 0.4) is 0 Å². The van der Waals surface area contributed by atoms with Gasteiger partial charge in [-0.25, -0.2) is 14.8 Å². The number of oxazole rings is 1. The average molecular weight is 406 g/mol. The van der Waals surface area contributed by atoms with Gasteiger partial charge >= 0.3 is 5.97 Å². The summed E-state index contributed by atoms with van der Waals surface area (Å²) in [6.45, 7) is 5.66. The lowest BCUT2D eigenvalue weighted by Crippen LogP contribution is -2.24. The van der Waals surface area contributed by atoms with Crippen molar-refractivity contribution in [3.05, 3.63) is 34.8 Å². The van der Waals surface area contributed by atoms with Gasteiger partial charge in [-0.2, -0.15) is 0 Å². The minimum Gasteiger partial charge on any atom is -0.462 e. The second kappa shape index (κ2) is 8.53. The molecule has 0 aliphatic heterocycles. The lowest BCUT2D eigenvalue weighted by atomic mass is 10.3. The molecule has 0 fully saturated rings. The maximum absolute atomic E-state index is 12.6. The zero-order valence-electron chi connectivity index (χ0n) is 15.1. The third-order valence-corrected chi connectivity index (χ3v) is 5.93. The fraction of sp³-hybridized carbons (Fsp3) is 0.333. The van der Waals surface area contributed by atoms with Gasteiger partial charge in [-0.15, -0.1) is 0 Å². The van der Waals surface area contributed by atoms with Gasteiger partial charge in [0.25, 0.3) is 5.22 Å². The van der Waals surface area contributed by atoms with Crippen molar-refractivity contribution in [1.82, 2.24) is 9.97 Å². The van der Waals surface area contributed by atoms with Crippen LogP contribution in [-0.4, -0.2) is 33.7 Å². The van der Waals surface area contributed by atoms with E-state index in [1.165, 1.54) is 11.8 Å². The number of hydrogen-bond donors (Lipinski definition) is 1. The van der Waals surface area contributed by atoms with Gasteiger partial charge in [0.05, 0.1) is 17.6 Å². The van der Waals surface area contributed by atoms with E-state index in [0.29, 0.717) is 32.9 Å². The Bertz CT molecular complexity index is 934. The van der Waals surface area contributed by atoms with Crippen LogP contribution in [0.5, 0.6) is 0 Å². The van der Waals surface area contributed by atoms with Gasteiger partial charge in [-0.1, -0.05) is 42.2 Å². The van der Waals surface area contributed by atoms with Gasteiger partial charge in [0.1, 0.15) is 10.4 Å². The number of thiazole rings is 1. The zero-order valence-corrected chi connectivity index (χ0v) is 16.8. The first-order valence-corrected chi connectivity index (χ1v) is 10.2. The number of nitrogens with zero attached hydrogens (tertiary/aromatic N) is 2. The number of para-hydroxylation sites is 2. The van der Waals surface area contributed by atoms with Crippen molar-refractivity contribution < 1.29 is 18.7 Å². The molecule has 0 bridgehead atoms. The van der Waals surface area contributed by atoms with Crippen molar-refractivity contribution in [3.63, 3.8) is 0 Å². The summed E-state index contributed by atoms with van der Waals surface area (Å²) in [5.41, 5.74) is 1.98. The van der Waals surface area contributed by atoms with Crippen molar-refractivity contribution in [2.75, 3.05) is 11.9 Å². The largest absolute Gasteiger partial charge is 0.462 e. The summed E-state index contributed by atoms with van der Waals surface area (Å²) < 4.78 is 10.7. The Kier molecular flexibility index (Phi) is 6.12. The summed E-state index contributed by atoms with van der Waals surface area (Å²) in [7, 11) is 0. The monoisotopic (exact) mass is 405 g/mol. The van der Waals surface area contributed by atoms with E-state index in [9.17, 15) is 9.59 Å². The molecule has 1 N–H and O–H groups in total. The van der Waals surface area contributed by atoms with Crippen LogP contribution in [0.25, 0.3) is 11.1 Å². The van der Waals surface area contributed by atoms with Gasteiger partial charge in [-0.3, -0.25) is 4.79 Å². The summed E-state index contributed by atoms with van der Waals surface area (Å²) >= 11 is 2.37. The molecular weight excluding hydrogens is 386 g/mol. The van der Waals surface area contributed by atoms with E-state index in [1.807, 2.05) is 31.2 Å². The Morgan fingerprint density at radius 2 is 2.07 bits per heavy atom. The van der Waals surface area contributed by atoms with E-state index in [2.05, 4.69) is 15.3 Å². The lowest BCUT2D eigenvalue weighted by molar-refractivity contribution is -0.115. The highest BCUT2D eigenvalue weighted by Crippen LogP contribution is 2.30. The highest BCUT2D eigenvalue weighted by atomic mass is 32.2. The van der Waals surface area contributed by atoms with E-state index in [0.717, 1.165) is 16.9 Å². The molecule has 1 aromatic carbocycles. The Hall–Kier alpha value is -2.39. The molecule has 2 heterocycles. The molecule has 27 heavy (non-hydrogen) atoms. The molecule has 2 aromatic heterocycles. The van der Waals surface area contributed by atoms with Crippen molar-refractivity contribution in [3.8, 4) is 0 Å². The molecule has 3 rings (SSSR count). The maximum Gasteiger partial charge on any atom is 0.350 e. The van der Waals surface area contributed by atoms with E-state index in [-0.39, 0.29) is 12.5 Å². The molecule has 0 aliphatic carbocycles. The second-order valence-corrected chi connectivity index (χ2v) is 7.76. The van der Waals surface area contributed by atoms with Crippen LogP contribution in [0.15, 0.2) is 33.9 Å². The number of amides is 1. The first-order valence-electron chi connectivity index (χ1n) is 8.49. The quantitative estimate of drug-likeness (QED) is 0.463. The predicted octanol–water partition coefficient (Wildman–Crippen LogP) is 4.28. The molecule has 7 nitrogen and oxygen atoms in total. The zero-order chi connectivity index (χ0) is 19.4. The molecule has 1 atom stereocenters. The standard InChI is InChI=1S/C18H19N3O4S2/c1-4-13(26-18-20-11-8-6-7-9-12(11)25-18)15(22)21-17-19-10(3)14(27-17)16(23)24-5-2/h6-9,13H,4-5H2,1-3H3,(H,19,21,22)/t13-/m1/s1. The maximum atomic E-state index is 12.6. The first kappa shape index (κ1) is 19.4. The highest BCUT2D eigenvalue weighted by Gasteiger charge is 2.23. The van der Waals surface area contributed by atoms with E-state index in [4.69, 9.17) is 9.15 Å². The van der Waals surface area contributed by atoms with E-state index >= 15 is 0 Å². The Balaban J connectivity index is 1.70. The first-order chi connectivity index (χ1) is 13.0. The molecule has 0 unspecified atom stereocenters. The van der Waals surface area contributed by atoms with Crippen LogP contribution in [-0.2, 0) is 9.53 Å². The van der Waals surface area contributed by atoms with Crippen LogP contribution in [0.4, 0.5) is 5.13 Å². The number of carbonyl (C=O) groups excluding carboxylic acids is 2. The number of fused-ring (bicyclic) bond motifs is 1. The molecular formula is C18H19N3O4S2. The van der Waals surface area contributed by atoms with Crippen molar-refractivity contribution in [1.29, 1.82) is 0 Å². The summed E-state index contributed by atoms with van der Waals surface area (Å²) in [5, 5.41) is 3.20. The van der Waals surface area contributed by atoms with Crippen LogP contribution < -0.4 is 5.32 Å². The lowest BCUT2D eigenvalue weighted by Gasteiger charge is -2.10. The number of esters is 1. The summed E-state index contributed by atoms with van der Waals surface area (Å²) in [4.78, 5) is 33.6. The Labute approximate surface area is 164 Å². The Morgan fingerprint density at radius 3 is 2.78 bits per heavy atom. The number of nitrogens with one attached hydrogen (secondary N) is 1. The third-order valence-electron chi connectivity index (χ3n) is 3.67. The van der Waals surface area contributed by atoms with Crippen molar-refractivity contribution in [2.24, 2.45) is 0 Å². The Morgan fingerprint density at radius 1 is 1.30 bits per heavy atom. The number of rotatable bonds is 7. The smallest absolute Gasteiger partial charge is 0.350 e. The molecule has 0 spiro atoms. The number of aryl methyl sites for hydroxylation is 1.